The number of benzene rings is 1. The molecule has 0 aliphatic carbocycles. The van der Waals surface area contributed by atoms with Crippen LogP contribution in [0.5, 0.6) is 0 Å². The molecule has 0 spiro atoms. The van der Waals surface area contributed by atoms with Gasteiger partial charge in [-0.15, -0.1) is 0 Å². The van der Waals surface area contributed by atoms with Gasteiger partial charge in [0.1, 0.15) is 0 Å². The van der Waals surface area contributed by atoms with Gasteiger partial charge in [0, 0.05) is 19.6 Å². The van der Waals surface area contributed by atoms with Crippen molar-refractivity contribution in [3.8, 4) is 0 Å². The predicted octanol–water partition coefficient (Wildman–Crippen LogP) is 1.45. The molecule has 1 fully saturated rings. The Bertz CT molecular complexity index is 406. The molecule has 1 aliphatic rings. The van der Waals surface area contributed by atoms with Crippen molar-refractivity contribution in [3.63, 3.8) is 0 Å². The first-order valence-corrected chi connectivity index (χ1v) is 6.50. The lowest BCUT2D eigenvalue weighted by Crippen LogP contribution is -2.40. The third kappa shape index (κ3) is 3.70. The van der Waals surface area contributed by atoms with E-state index in [2.05, 4.69) is 10.6 Å². The quantitative estimate of drug-likeness (QED) is 0.869. The standard InChI is InChI=1S/C13H17ClN2O2/c14-12-4-2-1-3-11(12)13(17)16-6-5-10-9-15-7-8-18-10/h1-4,10,15H,5-9H2,(H,16,17). The molecule has 1 aliphatic heterocycles. The second-order valence-electron chi connectivity index (χ2n) is 4.22. The summed E-state index contributed by atoms with van der Waals surface area (Å²) < 4.78 is 5.55. The second-order valence-corrected chi connectivity index (χ2v) is 4.63. The van der Waals surface area contributed by atoms with Gasteiger partial charge in [-0.1, -0.05) is 23.7 Å². The number of halogens is 1. The summed E-state index contributed by atoms with van der Waals surface area (Å²) in [5.74, 6) is -0.135. The predicted molar refractivity (Wildman–Crippen MR) is 71.0 cm³/mol. The maximum absolute atomic E-state index is 11.9. The van der Waals surface area contributed by atoms with E-state index in [-0.39, 0.29) is 12.0 Å². The van der Waals surface area contributed by atoms with Gasteiger partial charge in [0.25, 0.3) is 5.91 Å². The highest BCUT2D eigenvalue weighted by Crippen LogP contribution is 2.14. The molecule has 1 heterocycles. The van der Waals surface area contributed by atoms with Crippen molar-refractivity contribution in [2.24, 2.45) is 0 Å². The van der Waals surface area contributed by atoms with E-state index in [9.17, 15) is 4.79 Å². The van der Waals surface area contributed by atoms with Gasteiger partial charge in [-0.25, -0.2) is 0 Å². The Morgan fingerprint density at radius 2 is 2.33 bits per heavy atom. The molecule has 5 heteroatoms. The lowest BCUT2D eigenvalue weighted by Gasteiger charge is -2.23. The first kappa shape index (κ1) is 13.3. The van der Waals surface area contributed by atoms with Crippen molar-refractivity contribution in [2.45, 2.75) is 12.5 Å². The highest BCUT2D eigenvalue weighted by molar-refractivity contribution is 6.33. The summed E-state index contributed by atoms with van der Waals surface area (Å²) in [5.41, 5.74) is 0.516. The van der Waals surface area contributed by atoms with E-state index in [1.807, 2.05) is 0 Å². The first-order chi connectivity index (χ1) is 8.77. The summed E-state index contributed by atoms with van der Waals surface area (Å²) in [6.07, 6.45) is 0.994. The maximum atomic E-state index is 11.9. The van der Waals surface area contributed by atoms with Crippen molar-refractivity contribution in [3.05, 3.63) is 34.9 Å². The maximum Gasteiger partial charge on any atom is 0.252 e. The van der Waals surface area contributed by atoms with Crippen molar-refractivity contribution in [2.75, 3.05) is 26.2 Å². The first-order valence-electron chi connectivity index (χ1n) is 6.12. The minimum absolute atomic E-state index is 0.135. The molecule has 98 valence electrons. The molecule has 1 unspecified atom stereocenters. The molecule has 1 saturated heterocycles. The highest BCUT2D eigenvalue weighted by Gasteiger charge is 2.14. The molecule has 4 nitrogen and oxygen atoms in total. The number of hydrogen-bond acceptors (Lipinski definition) is 3. The Hall–Kier alpha value is -1.10. The van der Waals surface area contributed by atoms with Crippen LogP contribution in [0.15, 0.2) is 24.3 Å². The van der Waals surface area contributed by atoms with E-state index in [4.69, 9.17) is 16.3 Å². The van der Waals surface area contributed by atoms with Gasteiger partial charge >= 0.3 is 0 Å². The molecule has 0 bridgehead atoms. The van der Waals surface area contributed by atoms with E-state index in [0.717, 1.165) is 26.1 Å². The van der Waals surface area contributed by atoms with Crippen LogP contribution in [0.4, 0.5) is 0 Å². The SMILES string of the molecule is O=C(NCCC1CNCCO1)c1ccccc1Cl. The molecule has 2 rings (SSSR count). The summed E-state index contributed by atoms with van der Waals surface area (Å²) in [6.45, 7) is 3.09. The van der Waals surface area contributed by atoms with Crippen LogP contribution in [0, 0.1) is 0 Å². The van der Waals surface area contributed by atoms with Crippen molar-refractivity contribution >= 4 is 17.5 Å². The van der Waals surface area contributed by atoms with Crippen molar-refractivity contribution in [1.29, 1.82) is 0 Å². The van der Waals surface area contributed by atoms with Crippen molar-refractivity contribution < 1.29 is 9.53 Å². The summed E-state index contributed by atoms with van der Waals surface area (Å²) in [7, 11) is 0. The van der Waals surface area contributed by atoms with Gasteiger partial charge in [-0.05, 0) is 18.6 Å². The van der Waals surface area contributed by atoms with Crippen LogP contribution in [0.1, 0.15) is 16.8 Å². The van der Waals surface area contributed by atoms with Gasteiger partial charge in [0.15, 0.2) is 0 Å². The highest BCUT2D eigenvalue weighted by atomic mass is 35.5. The Labute approximate surface area is 112 Å². The van der Waals surface area contributed by atoms with Crippen molar-refractivity contribution in [1.82, 2.24) is 10.6 Å². The Morgan fingerprint density at radius 1 is 1.50 bits per heavy atom. The molecule has 0 saturated carbocycles. The van der Waals surface area contributed by atoms with Crippen LogP contribution in [0.25, 0.3) is 0 Å². The van der Waals surface area contributed by atoms with E-state index in [1.165, 1.54) is 0 Å². The molecule has 1 atom stereocenters. The van der Waals surface area contributed by atoms with Gasteiger partial charge in [0.05, 0.1) is 23.3 Å². The van der Waals surface area contributed by atoms with Gasteiger partial charge in [0.2, 0.25) is 0 Å². The topological polar surface area (TPSA) is 50.4 Å². The monoisotopic (exact) mass is 268 g/mol. The molecular weight excluding hydrogens is 252 g/mol. The third-order valence-corrected chi connectivity index (χ3v) is 3.20. The van der Waals surface area contributed by atoms with E-state index >= 15 is 0 Å². The zero-order chi connectivity index (χ0) is 12.8. The molecule has 1 aromatic rings. The van der Waals surface area contributed by atoms with Gasteiger partial charge < -0.3 is 15.4 Å². The zero-order valence-electron chi connectivity index (χ0n) is 10.1. The van der Waals surface area contributed by atoms with Crippen LogP contribution in [-0.4, -0.2) is 38.3 Å². The number of carbonyl (C=O) groups excluding carboxylic acids is 1. The molecule has 0 aromatic heterocycles. The van der Waals surface area contributed by atoms with Crippen LogP contribution in [-0.2, 0) is 4.74 Å². The largest absolute Gasteiger partial charge is 0.376 e. The Kier molecular flexibility index (Phi) is 4.99. The Morgan fingerprint density at radius 3 is 3.06 bits per heavy atom. The summed E-state index contributed by atoms with van der Waals surface area (Å²) in [5, 5.41) is 6.59. The Balaban J connectivity index is 1.76. The second kappa shape index (κ2) is 6.73. The fraction of sp³-hybridized carbons (Fsp3) is 0.462. The van der Waals surface area contributed by atoms with Crippen LogP contribution in [0.2, 0.25) is 5.02 Å². The van der Waals surface area contributed by atoms with E-state index in [1.54, 1.807) is 24.3 Å². The number of hydrogen-bond donors (Lipinski definition) is 2. The van der Waals surface area contributed by atoms with Crippen LogP contribution >= 0.6 is 11.6 Å². The molecule has 1 aromatic carbocycles. The molecule has 1 amide bonds. The fourth-order valence-electron chi connectivity index (χ4n) is 1.89. The molecule has 2 N–H and O–H groups in total. The van der Waals surface area contributed by atoms with Crippen LogP contribution in [0.3, 0.4) is 0 Å². The number of amides is 1. The lowest BCUT2D eigenvalue weighted by molar-refractivity contribution is 0.0239. The molecular formula is C13H17ClN2O2. The van der Waals surface area contributed by atoms with Gasteiger partial charge in [-0.2, -0.15) is 0 Å². The smallest absolute Gasteiger partial charge is 0.252 e. The lowest BCUT2D eigenvalue weighted by atomic mass is 10.2. The normalized spacial score (nSPS) is 19.5. The number of nitrogens with one attached hydrogen (secondary N) is 2. The third-order valence-electron chi connectivity index (χ3n) is 2.87. The number of ether oxygens (including phenoxy) is 1. The molecule has 0 radical (unpaired) electrons. The summed E-state index contributed by atoms with van der Waals surface area (Å²) in [4.78, 5) is 11.9. The number of carbonyl (C=O) groups is 1. The zero-order valence-corrected chi connectivity index (χ0v) is 10.9. The van der Waals surface area contributed by atoms with E-state index < -0.39 is 0 Å². The number of morpholine rings is 1. The van der Waals surface area contributed by atoms with Gasteiger partial charge in [-0.3, -0.25) is 4.79 Å². The fourth-order valence-corrected chi connectivity index (χ4v) is 2.11. The molecule has 18 heavy (non-hydrogen) atoms. The van der Waals surface area contributed by atoms with Crippen LogP contribution < -0.4 is 10.6 Å². The summed E-state index contributed by atoms with van der Waals surface area (Å²) >= 11 is 5.95. The van der Waals surface area contributed by atoms with E-state index in [0.29, 0.717) is 17.1 Å². The average Bonchev–Trinajstić information content (AvgIpc) is 2.40. The number of rotatable bonds is 4. The minimum atomic E-state index is -0.135. The summed E-state index contributed by atoms with van der Waals surface area (Å²) in [6, 6.07) is 7.04. The average molecular weight is 269 g/mol. The minimum Gasteiger partial charge on any atom is -0.376 e.